The lowest BCUT2D eigenvalue weighted by Crippen LogP contribution is -2.32. The van der Waals surface area contributed by atoms with E-state index in [1.807, 2.05) is 6.07 Å². The van der Waals surface area contributed by atoms with Crippen LogP contribution in [0.1, 0.15) is 63.5 Å². The number of ether oxygens (including phenoxy) is 2. The normalized spacial score (nSPS) is 21.2. The quantitative estimate of drug-likeness (QED) is 0.897. The van der Waals surface area contributed by atoms with Crippen molar-refractivity contribution in [3.8, 4) is 11.5 Å². The van der Waals surface area contributed by atoms with E-state index in [4.69, 9.17) is 9.47 Å². The second-order valence-corrected chi connectivity index (χ2v) is 6.04. The number of rotatable bonds is 3. The van der Waals surface area contributed by atoms with Crippen LogP contribution in [0.3, 0.4) is 0 Å². The number of benzene rings is 1. The molecule has 1 heterocycles. The summed E-state index contributed by atoms with van der Waals surface area (Å²) < 4.78 is 10.8. The van der Waals surface area contributed by atoms with E-state index in [0.717, 1.165) is 11.5 Å². The minimum Gasteiger partial charge on any atom is -0.454 e. The maximum Gasteiger partial charge on any atom is 0.231 e. The van der Waals surface area contributed by atoms with Crippen LogP contribution in [0.15, 0.2) is 18.2 Å². The molecule has 3 rings (SSSR count). The minimum atomic E-state index is 0.350. The summed E-state index contributed by atoms with van der Waals surface area (Å²) in [5.74, 6) is 1.75. The average molecular weight is 275 g/mol. The number of hydrogen-bond donors (Lipinski definition) is 1. The standard InChI is InChI=1S/C17H25NO2/c1-13(18-15-7-5-3-2-4-6-8-15)14-9-10-16-17(11-14)20-12-19-16/h9-11,13,15,18H,2-8,12H2,1H3. The summed E-state index contributed by atoms with van der Waals surface area (Å²) in [6.45, 7) is 2.60. The van der Waals surface area contributed by atoms with Crippen LogP contribution in [-0.4, -0.2) is 12.8 Å². The zero-order valence-corrected chi connectivity index (χ0v) is 12.4. The van der Waals surface area contributed by atoms with Crippen LogP contribution in [0.5, 0.6) is 11.5 Å². The molecule has 1 aromatic rings. The van der Waals surface area contributed by atoms with Gasteiger partial charge in [-0.2, -0.15) is 0 Å². The van der Waals surface area contributed by atoms with E-state index in [9.17, 15) is 0 Å². The van der Waals surface area contributed by atoms with Crippen LogP contribution >= 0.6 is 0 Å². The first-order chi connectivity index (χ1) is 9.83. The smallest absolute Gasteiger partial charge is 0.231 e. The fraction of sp³-hybridized carbons (Fsp3) is 0.647. The average Bonchev–Trinajstić information content (AvgIpc) is 2.88. The van der Waals surface area contributed by atoms with Crippen LogP contribution in [-0.2, 0) is 0 Å². The van der Waals surface area contributed by atoms with Crippen LogP contribution in [0.25, 0.3) is 0 Å². The minimum absolute atomic E-state index is 0.350. The Labute approximate surface area is 121 Å². The van der Waals surface area contributed by atoms with Gasteiger partial charge in [0, 0.05) is 12.1 Å². The van der Waals surface area contributed by atoms with Gasteiger partial charge < -0.3 is 14.8 Å². The Hall–Kier alpha value is -1.22. The molecule has 1 unspecified atom stereocenters. The second kappa shape index (κ2) is 6.49. The fourth-order valence-corrected chi connectivity index (χ4v) is 3.26. The van der Waals surface area contributed by atoms with Gasteiger partial charge in [-0.25, -0.2) is 0 Å². The Bertz CT molecular complexity index is 439. The van der Waals surface area contributed by atoms with Crippen molar-refractivity contribution in [2.75, 3.05) is 6.79 Å². The van der Waals surface area contributed by atoms with Gasteiger partial charge in [0.1, 0.15) is 0 Å². The van der Waals surface area contributed by atoms with E-state index < -0.39 is 0 Å². The van der Waals surface area contributed by atoms with Crippen LogP contribution in [0.2, 0.25) is 0 Å². The summed E-state index contributed by atoms with van der Waals surface area (Å²) in [5, 5.41) is 3.80. The zero-order valence-electron chi connectivity index (χ0n) is 12.4. The number of hydrogen-bond acceptors (Lipinski definition) is 3. The molecule has 1 aliphatic carbocycles. The molecule has 20 heavy (non-hydrogen) atoms. The third kappa shape index (κ3) is 3.26. The Morgan fingerprint density at radius 3 is 2.50 bits per heavy atom. The Balaban J connectivity index is 1.61. The van der Waals surface area contributed by atoms with Crippen molar-refractivity contribution >= 4 is 0 Å². The Kier molecular flexibility index (Phi) is 4.46. The molecule has 0 saturated heterocycles. The summed E-state index contributed by atoms with van der Waals surface area (Å²) in [4.78, 5) is 0. The molecule has 1 fully saturated rings. The first-order valence-corrected chi connectivity index (χ1v) is 7.98. The molecule has 1 aliphatic heterocycles. The van der Waals surface area contributed by atoms with Gasteiger partial charge >= 0.3 is 0 Å². The topological polar surface area (TPSA) is 30.5 Å². The molecule has 1 aromatic carbocycles. The van der Waals surface area contributed by atoms with Crippen molar-refractivity contribution in [1.82, 2.24) is 5.32 Å². The molecule has 0 spiro atoms. The highest BCUT2D eigenvalue weighted by Gasteiger charge is 2.18. The highest BCUT2D eigenvalue weighted by atomic mass is 16.7. The molecule has 0 bridgehead atoms. The predicted octanol–water partition coefficient (Wildman–Crippen LogP) is 4.18. The van der Waals surface area contributed by atoms with Crippen molar-refractivity contribution in [2.45, 2.75) is 64.0 Å². The van der Waals surface area contributed by atoms with Gasteiger partial charge in [-0.1, -0.05) is 38.2 Å². The van der Waals surface area contributed by atoms with Gasteiger partial charge in [-0.15, -0.1) is 0 Å². The van der Waals surface area contributed by atoms with Gasteiger partial charge in [0.2, 0.25) is 6.79 Å². The summed E-state index contributed by atoms with van der Waals surface area (Å²) >= 11 is 0. The number of nitrogens with one attached hydrogen (secondary N) is 1. The lowest BCUT2D eigenvalue weighted by molar-refractivity contribution is 0.174. The van der Waals surface area contributed by atoms with Crippen molar-refractivity contribution in [1.29, 1.82) is 0 Å². The summed E-state index contributed by atoms with van der Waals surface area (Å²) in [7, 11) is 0. The van der Waals surface area contributed by atoms with Crippen molar-refractivity contribution in [3.63, 3.8) is 0 Å². The monoisotopic (exact) mass is 275 g/mol. The molecule has 1 N–H and O–H groups in total. The van der Waals surface area contributed by atoms with E-state index in [1.165, 1.54) is 50.5 Å². The molecule has 1 atom stereocenters. The summed E-state index contributed by atoms with van der Waals surface area (Å²) in [5.41, 5.74) is 1.29. The van der Waals surface area contributed by atoms with Crippen molar-refractivity contribution < 1.29 is 9.47 Å². The van der Waals surface area contributed by atoms with E-state index in [0.29, 0.717) is 18.9 Å². The lowest BCUT2D eigenvalue weighted by Gasteiger charge is -2.25. The SMILES string of the molecule is CC(NC1CCCCCCC1)c1ccc2c(c1)OCO2. The van der Waals surface area contributed by atoms with Gasteiger partial charge in [0.05, 0.1) is 0 Å². The molecular weight excluding hydrogens is 250 g/mol. The lowest BCUT2D eigenvalue weighted by atomic mass is 9.95. The predicted molar refractivity (Wildman–Crippen MR) is 80.2 cm³/mol. The summed E-state index contributed by atoms with van der Waals surface area (Å²) in [6, 6.07) is 7.31. The maximum atomic E-state index is 5.47. The number of fused-ring (bicyclic) bond motifs is 1. The third-order valence-corrected chi connectivity index (χ3v) is 4.49. The van der Waals surface area contributed by atoms with Gasteiger partial charge in [-0.3, -0.25) is 0 Å². The van der Waals surface area contributed by atoms with E-state index in [-0.39, 0.29) is 0 Å². The molecule has 3 nitrogen and oxygen atoms in total. The molecular formula is C17H25NO2. The Morgan fingerprint density at radius 2 is 1.70 bits per heavy atom. The largest absolute Gasteiger partial charge is 0.454 e. The molecule has 3 heteroatoms. The Morgan fingerprint density at radius 1 is 1.00 bits per heavy atom. The van der Waals surface area contributed by atoms with Crippen LogP contribution < -0.4 is 14.8 Å². The van der Waals surface area contributed by atoms with Crippen LogP contribution in [0.4, 0.5) is 0 Å². The van der Waals surface area contributed by atoms with Gasteiger partial charge in [-0.05, 0) is 37.5 Å². The highest BCUT2D eigenvalue weighted by molar-refractivity contribution is 5.45. The maximum absolute atomic E-state index is 5.47. The zero-order chi connectivity index (χ0) is 13.8. The molecule has 2 aliphatic rings. The second-order valence-electron chi connectivity index (χ2n) is 6.04. The van der Waals surface area contributed by atoms with Crippen molar-refractivity contribution in [3.05, 3.63) is 23.8 Å². The molecule has 0 aromatic heterocycles. The molecule has 0 amide bonds. The van der Waals surface area contributed by atoms with Crippen molar-refractivity contribution in [2.24, 2.45) is 0 Å². The van der Waals surface area contributed by atoms with E-state index in [1.54, 1.807) is 0 Å². The molecule has 1 saturated carbocycles. The van der Waals surface area contributed by atoms with E-state index >= 15 is 0 Å². The van der Waals surface area contributed by atoms with Crippen LogP contribution in [0, 0.1) is 0 Å². The first kappa shape index (κ1) is 13.7. The molecule has 110 valence electrons. The highest BCUT2D eigenvalue weighted by Crippen LogP contribution is 2.34. The molecule has 0 radical (unpaired) electrons. The third-order valence-electron chi connectivity index (χ3n) is 4.49. The van der Waals surface area contributed by atoms with Gasteiger partial charge in [0.15, 0.2) is 11.5 Å². The first-order valence-electron chi connectivity index (χ1n) is 7.98. The summed E-state index contributed by atoms with van der Waals surface area (Å²) in [6.07, 6.45) is 9.58. The van der Waals surface area contributed by atoms with E-state index in [2.05, 4.69) is 24.4 Å². The van der Waals surface area contributed by atoms with Gasteiger partial charge in [0.25, 0.3) is 0 Å². The fourth-order valence-electron chi connectivity index (χ4n) is 3.26.